The molecule has 6 rings (SSSR count). The van der Waals surface area contributed by atoms with Gasteiger partial charge in [0.15, 0.2) is 59.8 Å². The molecule has 0 spiro atoms. The van der Waals surface area contributed by atoms with E-state index >= 15 is 0 Å². The molecule has 4 aromatic heterocycles. The second kappa shape index (κ2) is 13.1. The summed E-state index contributed by atoms with van der Waals surface area (Å²) >= 11 is 0. The molecule has 9 N–H and O–H groups in total. The Morgan fingerprint density at radius 3 is 1.85 bits per heavy atom. The van der Waals surface area contributed by atoms with Gasteiger partial charge in [0.1, 0.15) is 18.3 Å². The van der Waals surface area contributed by atoms with Crippen molar-refractivity contribution in [2.75, 3.05) is 38.6 Å². The van der Waals surface area contributed by atoms with Gasteiger partial charge in [0, 0.05) is 14.2 Å². The van der Waals surface area contributed by atoms with Gasteiger partial charge in [0.25, 0.3) is 11.1 Å². The number of nitrogens with zero attached hydrogens (tertiary/aromatic N) is 6. The number of nitrogen functional groups attached to an aromatic ring is 2. The zero-order valence-corrected chi connectivity index (χ0v) is 24.7. The van der Waals surface area contributed by atoms with Crippen LogP contribution in [0.15, 0.2) is 22.2 Å². The fourth-order valence-electron chi connectivity index (χ4n) is 4.95. The van der Waals surface area contributed by atoms with Crippen LogP contribution in [0, 0.1) is 0 Å². The zero-order valence-electron chi connectivity index (χ0n) is 23.8. The Hall–Kier alpha value is -3.93. The van der Waals surface area contributed by atoms with Gasteiger partial charge in [-0.2, -0.15) is 9.97 Å². The second-order valence-electron chi connectivity index (χ2n) is 9.94. The smallest absolute Gasteiger partial charge is 0.351 e. The van der Waals surface area contributed by atoms with Gasteiger partial charge in [-0.25, -0.2) is 18.7 Å². The number of aliphatic hydroxyl groups is 1. The van der Waals surface area contributed by atoms with Gasteiger partial charge in [0.05, 0.1) is 19.3 Å². The van der Waals surface area contributed by atoms with Crippen molar-refractivity contribution in [2.24, 2.45) is 0 Å². The Kier molecular flexibility index (Phi) is 9.49. The molecule has 8 atom stereocenters. The van der Waals surface area contributed by atoms with Crippen molar-refractivity contribution in [3.63, 3.8) is 0 Å². The first-order chi connectivity index (χ1) is 21.8. The Labute approximate surface area is 254 Å². The van der Waals surface area contributed by atoms with Crippen molar-refractivity contribution in [1.82, 2.24) is 39.0 Å². The number of H-pyrrole nitrogens is 2. The Morgan fingerprint density at radius 2 is 1.39 bits per heavy atom. The number of alkyl halides is 2. The molecule has 46 heavy (non-hydrogen) atoms. The largest absolute Gasteiger partial charge is 0.394 e. The zero-order chi connectivity index (χ0) is 33.5. The highest BCUT2D eigenvalue weighted by molar-refractivity contribution is 7.51. The van der Waals surface area contributed by atoms with E-state index in [-0.39, 0.29) is 34.2 Å². The molecule has 24 heteroatoms. The summed E-state index contributed by atoms with van der Waals surface area (Å²) in [5.74, 6) is -0.256. The van der Waals surface area contributed by atoms with Crippen LogP contribution in [0.2, 0.25) is 0 Å². The molecule has 2 aliphatic heterocycles. The summed E-state index contributed by atoms with van der Waals surface area (Å²) in [5, 5.41) is 9.13. The van der Waals surface area contributed by atoms with Crippen molar-refractivity contribution >= 4 is 41.8 Å². The number of imidazole rings is 2. The number of fused-ring (bicyclic) bond motifs is 2. The van der Waals surface area contributed by atoms with Gasteiger partial charge in [-0.1, -0.05) is 0 Å². The van der Waals surface area contributed by atoms with Crippen LogP contribution >= 0.6 is 7.60 Å². The number of hydrogen-bond acceptors (Lipinski definition) is 15. The first kappa shape index (κ1) is 33.4. The van der Waals surface area contributed by atoms with Crippen LogP contribution in [-0.4, -0.2) is 118 Å². The number of aromatic nitrogens is 8. The number of ether oxygens (including phenoxy) is 5. The molecule has 0 aromatic carbocycles. The minimum atomic E-state index is -4.51. The standard InChI is InChI=1S/C11H15FN5O7P.C11H14FN5O4/c1-22-6-4(12)10(23-3-25(19,20)21)24-9(6)17-2-14-5-7(17)15-11(13)16-8(5)18;1-20-7-5(12)4(2-18)21-10(7)17-3-14-6-8(17)15-11(13)16-9(6)19/h2,4,6,9-10H,3H2,1H3,(H2,19,20,21)(H3,13,15,16,18);3-5,7,10,18H,2H2,1H3,(H3,13,15,16,19)/t4?,6-,9-,10+;4-,5?,7-,10-/m11/s1. The van der Waals surface area contributed by atoms with E-state index in [1.807, 2.05) is 0 Å². The number of nitrogens with one attached hydrogen (secondary N) is 2. The number of hydrogen-bond donors (Lipinski definition) is 7. The monoisotopic (exact) mass is 678 g/mol. The minimum absolute atomic E-state index is 0.0381. The van der Waals surface area contributed by atoms with E-state index in [4.69, 9.17) is 50.0 Å². The van der Waals surface area contributed by atoms with Crippen LogP contribution in [0.1, 0.15) is 12.5 Å². The number of rotatable bonds is 8. The van der Waals surface area contributed by atoms with Crippen LogP contribution in [0.5, 0.6) is 0 Å². The molecule has 2 unspecified atom stereocenters. The Morgan fingerprint density at radius 1 is 0.913 bits per heavy atom. The number of methoxy groups -OCH3 is 2. The predicted octanol–water partition coefficient (Wildman–Crippen LogP) is -1.99. The molecule has 6 heterocycles. The molecule has 2 fully saturated rings. The highest BCUT2D eigenvalue weighted by Crippen LogP contribution is 2.40. The highest BCUT2D eigenvalue weighted by Gasteiger charge is 2.49. The van der Waals surface area contributed by atoms with E-state index in [1.54, 1.807) is 0 Å². The summed E-state index contributed by atoms with van der Waals surface area (Å²) in [5.41, 5.74) is 10.1. The number of aliphatic hydroxyl groups excluding tert-OH is 1. The summed E-state index contributed by atoms with van der Waals surface area (Å²) in [6.07, 6.45) is -8.67. The van der Waals surface area contributed by atoms with Crippen molar-refractivity contribution < 1.29 is 51.9 Å². The van der Waals surface area contributed by atoms with Gasteiger partial charge in [-0.05, 0) is 0 Å². The third kappa shape index (κ3) is 6.36. The summed E-state index contributed by atoms with van der Waals surface area (Å²) in [7, 11) is -1.94. The molecule has 2 aliphatic rings. The van der Waals surface area contributed by atoms with Crippen molar-refractivity contribution in [3.05, 3.63) is 33.4 Å². The Balaban J connectivity index is 0.000000184. The van der Waals surface area contributed by atoms with E-state index < -0.39 is 81.1 Å². The first-order valence-corrected chi connectivity index (χ1v) is 14.9. The maximum absolute atomic E-state index is 14.5. The molecule has 0 bridgehead atoms. The third-order valence-electron chi connectivity index (χ3n) is 6.97. The van der Waals surface area contributed by atoms with E-state index in [0.29, 0.717) is 0 Å². The average molecular weight is 679 g/mol. The van der Waals surface area contributed by atoms with Gasteiger partial charge in [0.2, 0.25) is 11.9 Å². The van der Waals surface area contributed by atoms with Crippen molar-refractivity contribution in [2.45, 2.75) is 49.4 Å². The van der Waals surface area contributed by atoms with Crippen LogP contribution in [0.25, 0.3) is 22.3 Å². The van der Waals surface area contributed by atoms with Crippen LogP contribution in [0.4, 0.5) is 20.7 Å². The molecule has 21 nitrogen and oxygen atoms in total. The molecule has 0 radical (unpaired) electrons. The van der Waals surface area contributed by atoms with E-state index in [0.717, 1.165) is 0 Å². The van der Waals surface area contributed by atoms with Crippen molar-refractivity contribution in [3.8, 4) is 0 Å². The number of aromatic amines is 2. The fraction of sp³-hybridized carbons (Fsp3) is 0.545. The molecule has 252 valence electrons. The highest BCUT2D eigenvalue weighted by atomic mass is 31.2. The summed E-state index contributed by atoms with van der Waals surface area (Å²) < 4.78 is 67.8. The molecular weight excluding hydrogens is 649 g/mol. The number of nitrogens with two attached hydrogens (primary N) is 2. The van der Waals surface area contributed by atoms with Gasteiger partial charge in [-0.15, -0.1) is 0 Å². The van der Waals surface area contributed by atoms with Gasteiger partial charge < -0.3 is 50.0 Å². The molecule has 0 amide bonds. The summed E-state index contributed by atoms with van der Waals surface area (Å²) in [6, 6.07) is 0. The third-order valence-corrected chi connectivity index (χ3v) is 7.46. The van der Waals surface area contributed by atoms with Gasteiger partial charge in [-0.3, -0.25) is 33.3 Å². The summed E-state index contributed by atoms with van der Waals surface area (Å²) in [4.78, 5) is 61.6. The lowest BCUT2D eigenvalue weighted by Crippen LogP contribution is -2.31. The van der Waals surface area contributed by atoms with E-state index in [1.165, 1.54) is 36.0 Å². The Bertz CT molecular complexity index is 1860. The lowest BCUT2D eigenvalue weighted by atomic mass is 10.1. The topological polar surface area (TPSA) is 303 Å². The number of anilines is 2. The average Bonchev–Trinajstić information content (AvgIpc) is 3.74. The lowest BCUT2D eigenvalue weighted by Gasteiger charge is -2.19. The molecule has 2 saturated heterocycles. The van der Waals surface area contributed by atoms with Crippen LogP contribution in [-0.2, 0) is 28.2 Å². The maximum atomic E-state index is 14.5. The predicted molar refractivity (Wildman–Crippen MR) is 149 cm³/mol. The quantitative estimate of drug-likeness (QED) is 0.0992. The van der Waals surface area contributed by atoms with Crippen LogP contribution < -0.4 is 22.6 Å². The SMILES string of the molecule is CO[C@@H]1C(F)[C@@H](CO)O[C@H]1n1cnc2c(=O)[nH]c(N)nc21.CO[C@@H]1C(F)[C@@H](OCP(=O)(O)O)O[C@H]1n1cnc2c(=O)[nH]c(N)nc21. The number of halogens is 2. The second-order valence-corrected chi connectivity index (χ2v) is 11.5. The maximum Gasteiger partial charge on any atom is 0.351 e. The first-order valence-electron chi connectivity index (χ1n) is 13.1. The summed E-state index contributed by atoms with van der Waals surface area (Å²) in [6.45, 7) is -0.486. The molecule has 0 aliphatic carbocycles. The van der Waals surface area contributed by atoms with E-state index in [2.05, 4.69) is 29.9 Å². The normalized spacial score (nSPS) is 28.2. The minimum Gasteiger partial charge on any atom is -0.394 e. The van der Waals surface area contributed by atoms with Crippen molar-refractivity contribution in [1.29, 1.82) is 0 Å². The molecule has 0 saturated carbocycles. The molecule has 4 aromatic rings. The van der Waals surface area contributed by atoms with E-state index in [9.17, 15) is 22.9 Å². The lowest BCUT2D eigenvalue weighted by molar-refractivity contribution is -0.158. The van der Waals surface area contributed by atoms with Gasteiger partial charge >= 0.3 is 7.60 Å². The fourth-order valence-corrected chi connectivity index (χ4v) is 5.29. The van der Waals surface area contributed by atoms with Crippen LogP contribution in [0.3, 0.4) is 0 Å². The molecular formula is C22H29F2N10O11P.